The van der Waals surface area contributed by atoms with Crippen molar-refractivity contribution in [3.8, 4) is 0 Å². The molecule has 1 rings (SSSR count). The minimum atomic E-state index is -0.457. The van der Waals surface area contributed by atoms with E-state index in [9.17, 15) is 9.59 Å². The molecule has 0 aromatic heterocycles. The van der Waals surface area contributed by atoms with Gasteiger partial charge in [0.05, 0.1) is 12.6 Å². The molecular formula is C9H17N3O2. The van der Waals surface area contributed by atoms with Gasteiger partial charge in [0, 0.05) is 6.54 Å². The molecule has 0 aromatic carbocycles. The van der Waals surface area contributed by atoms with Crippen LogP contribution in [0.5, 0.6) is 0 Å². The largest absolute Gasteiger partial charge is 0.368 e. The van der Waals surface area contributed by atoms with Crippen LogP contribution in [-0.4, -0.2) is 30.9 Å². The minimum Gasteiger partial charge on any atom is -0.368 e. The van der Waals surface area contributed by atoms with Gasteiger partial charge < -0.3 is 11.1 Å². The van der Waals surface area contributed by atoms with Crippen molar-refractivity contribution in [2.45, 2.75) is 25.8 Å². The van der Waals surface area contributed by atoms with Crippen molar-refractivity contribution in [2.24, 2.45) is 11.7 Å². The first-order chi connectivity index (χ1) is 6.59. The Morgan fingerprint density at radius 1 is 1.50 bits per heavy atom. The number of amides is 2. The summed E-state index contributed by atoms with van der Waals surface area (Å²) in [5.74, 6) is 0.150. The molecule has 0 aromatic rings. The molecule has 2 amide bonds. The fraction of sp³-hybridized carbons (Fsp3) is 0.778. The minimum absolute atomic E-state index is 0.0787. The van der Waals surface area contributed by atoms with E-state index in [1.165, 1.54) is 12.8 Å². The van der Waals surface area contributed by atoms with E-state index in [0.717, 1.165) is 6.54 Å². The molecule has 1 unspecified atom stereocenters. The van der Waals surface area contributed by atoms with Crippen LogP contribution in [0, 0.1) is 5.92 Å². The molecule has 1 fully saturated rings. The lowest BCUT2D eigenvalue weighted by molar-refractivity contribution is -0.121. The lowest BCUT2D eigenvalue weighted by Crippen LogP contribution is -2.44. The number of carbonyl (C=O) groups is 2. The van der Waals surface area contributed by atoms with Crippen molar-refractivity contribution in [2.75, 3.05) is 13.1 Å². The third-order valence-corrected chi connectivity index (χ3v) is 2.28. The van der Waals surface area contributed by atoms with Crippen LogP contribution in [0.2, 0.25) is 0 Å². The lowest BCUT2D eigenvalue weighted by atomic mass is 10.3. The van der Waals surface area contributed by atoms with Gasteiger partial charge in [0.15, 0.2) is 0 Å². The molecule has 0 radical (unpaired) electrons. The molecule has 1 saturated carbocycles. The summed E-state index contributed by atoms with van der Waals surface area (Å²) in [4.78, 5) is 21.8. The van der Waals surface area contributed by atoms with E-state index < -0.39 is 11.9 Å². The van der Waals surface area contributed by atoms with Crippen LogP contribution in [-0.2, 0) is 9.59 Å². The summed E-state index contributed by atoms with van der Waals surface area (Å²) >= 11 is 0. The molecule has 14 heavy (non-hydrogen) atoms. The fourth-order valence-electron chi connectivity index (χ4n) is 0.989. The van der Waals surface area contributed by atoms with Crippen LogP contribution in [0.4, 0.5) is 0 Å². The molecule has 4 N–H and O–H groups in total. The van der Waals surface area contributed by atoms with Gasteiger partial charge in [-0.3, -0.25) is 14.9 Å². The van der Waals surface area contributed by atoms with E-state index in [1.807, 2.05) is 0 Å². The summed E-state index contributed by atoms with van der Waals surface area (Å²) in [7, 11) is 0. The van der Waals surface area contributed by atoms with E-state index in [2.05, 4.69) is 10.6 Å². The normalized spacial score (nSPS) is 17.5. The second kappa shape index (κ2) is 4.95. The molecule has 0 saturated heterocycles. The number of hydrogen-bond acceptors (Lipinski definition) is 3. The van der Waals surface area contributed by atoms with Crippen LogP contribution in [0.15, 0.2) is 0 Å². The van der Waals surface area contributed by atoms with Gasteiger partial charge in [-0.1, -0.05) is 0 Å². The van der Waals surface area contributed by atoms with Gasteiger partial charge in [-0.15, -0.1) is 0 Å². The Balaban J connectivity index is 2.04. The van der Waals surface area contributed by atoms with Gasteiger partial charge in [0.25, 0.3) is 0 Å². The quantitative estimate of drug-likeness (QED) is 0.511. The first-order valence-corrected chi connectivity index (χ1v) is 4.89. The number of carbonyl (C=O) groups excluding carboxylic acids is 2. The zero-order chi connectivity index (χ0) is 10.6. The van der Waals surface area contributed by atoms with Crippen molar-refractivity contribution >= 4 is 11.8 Å². The SMILES string of the molecule is CC(NCC(=O)NCC1CC1)C(N)=O. The lowest BCUT2D eigenvalue weighted by Gasteiger charge is -2.09. The first-order valence-electron chi connectivity index (χ1n) is 4.89. The van der Waals surface area contributed by atoms with E-state index in [0.29, 0.717) is 5.92 Å². The smallest absolute Gasteiger partial charge is 0.234 e. The molecule has 5 heteroatoms. The van der Waals surface area contributed by atoms with Crippen LogP contribution in [0.1, 0.15) is 19.8 Å². The third kappa shape index (κ3) is 4.23. The second-order valence-electron chi connectivity index (χ2n) is 3.75. The Bertz CT molecular complexity index is 226. The van der Waals surface area contributed by atoms with Crippen molar-refractivity contribution in [1.29, 1.82) is 0 Å². The Morgan fingerprint density at radius 3 is 2.64 bits per heavy atom. The molecule has 0 spiro atoms. The molecule has 0 aliphatic heterocycles. The summed E-state index contributed by atoms with van der Waals surface area (Å²) in [5.41, 5.74) is 5.02. The molecule has 0 bridgehead atoms. The van der Waals surface area contributed by atoms with Gasteiger partial charge in [-0.2, -0.15) is 0 Å². The Labute approximate surface area is 83.4 Å². The monoisotopic (exact) mass is 199 g/mol. The predicted molar refractivity (Wildman–Crippen MR) is 52.4 cm³/mol. The van der Waals surface area contributed by atoms with E-state index in [1.54, 1.807) is 6.92 Å². The van der Waals surface area contributed by atoms with Gasteiger partial charge >= 0.3 is 0 Å². The fourth-order valence-corrected chi connectivity index (χ4v) is 0.989. The number of rotatable bonds is 6. The first kappa shape index (κ1) is 11.0. The number of hydrogen-bond donors (Lipinski definition) is 3. The van der Waals surface area contributed by atoms with E-state index in [-0.39, 0.29) is 12.5 Å². The average molecular weight is 199 g/mol. The third-order valence-electron chi connectivity index (χ3n) is 2.28. The number of primary amides is 1. The number of nitrogens with one attached hydrogen (secondary N) is 2. The highest BCUT2D eigenvalue weighted by molar-refractivity contribution is 5.82. The summed E-state index contributed by atoms with van der Waals surface area (Å²) in [6.07, 6.45) is 2.43. The van der Waals surface area contributed by atoms with Crippen molar-refractivity contribution in [3.63, 3.8) is 0 Å². The average Bonchev–Trinajstić information content (AvgIpc) is 2.94. The molecule has 1 aliphatic carbocycles. The molecule has 80 valence electrons. The van der Waals surface area contributed by atoms with Crippen LogP contribution in [0.25, 0.3) is 0 Å². The number of nitrogens with two attached hydrogens (primary N) is 1. The highest BCUT2D eigenvalue weighted by Gasteiger charge is 2.21. The van der Waals surface area contributed by atoms with Crippen molar-refractivity contribution in [3.05, 3.63) is 0 Å². The topological polar surface area (TPSA) is 84.2 Å². The van der Waals surface area contributed by atoms with E-state index in [4.69, 9.17) is 5.73 Å². The zero-order valence-corrected chi connectivity index (χ0v) is 8.38. The Kier molecular flexibility index (Phi) is 3.88. The molecule has 1 atom stereocenters. The predicted octanol–water partition coefficient (Wildman–Crippen LogP) is -1.02. The van der Waals surface area contributed by atoms with Crippen LogP contribution < -0.4 is 16.4 Å². The summed E-state index contributed by atoms with van der Waals surface area (Å²) in [6.45, 7) is 2.54. The summed E-state index contributed by atoms with van der Waals surface area (Å²) in [5, 5.41) is 5.52. The molecular weight excluding hydrogens is 182 g/mol. The van der Waals surface area contributed by atoms with Gasteiger partial charge in [0.2, 0.25) is 11.8 Å². The standard InChI is InChI=1S/C9H17N3O2/c1-6(9(10)14)11-5-8(13)12-4-7-2-3-7/h6-7,11H,2-5H2,1H3,(H2,10,14)(H,12,13). The van der Waals surface area contributed by atoms with Crippen molar-refractivity contribution in [1.82, 2.24) is 10.6 Å². The van der Waals surface area contributed by atoms with Crippen molar-refractivity contribution < 1.29 is 9.59 Å². The summed E-state index contributed by atoms with van der Waals surface area (Å²) < 4.78 is 0. The van der Waals surface area contributed by atoms with Gasteiger partial charge in [-0.25, -0.2) is 0 Å². The maximum absolute atomic E-state index is 11.2. The zero-order valence-electron chi connectivity index (χ0n) is 8.38. The highest BCUT2D eigenvalue weighted by Crippen LogP contribution is 2.27. The molecule has 1 aliphatic rings. The second-order valence-corrected chi connectivity index (χ2v) is 3.75. The van der Waals surface area contributed by atoms with Gasteiger partial charge in [-0.05, 0) is 25.7 Å². The van der Waals surface area contributed by atoms with Crippen LogP contribution >= 0.6 is 0 Å². The maximum Gasteiger partial charge on any atom is 0.234 e. The van der Waals surface area contributed by atoms with Gasteiger partial charge in [0.1, 0.15) is 0 Å². The van der Waals surface area contributed by atoms with Crippen LogP contribution in [0.3, 0.4) is 0 Å². The maximum atomic E-state index is 11.2. The Hall–Kier alpha value is -1.10. The highest BCUT2D eigenvalue weighted by atomic mass is 16.2. The van der Waals surface area contributed by atoms with E-state index >= 15 is 0 Å². The Morgan fingerprint density at radius 2 is 2.14 bits per heavy atom. The summed E-state index contributed by atoms with van der Waals surface area (Å²) in [6, 6.07) is -0.457. The molecule has 5 nitrogen and oxygen atoms in total. The molecule has 0 heterocycles.